The third-order valence-corrected chi connectivity index (χ3v) is 0.589. The van der Waals surface area contributed by atoms with Gasteiger partial charge in [-0.05, 0) is 13.8 Å². The number of esters is 1. The van der Waals surface area contributed by atoms with Crippen LogP contribution in [0.25, 0.3) is 0 Å². The van der Waals surface area contributed by atoms with Gasteiger partial charge in [-0.2, -0.15) is 0 Å². The highest BCUT2D eigenvalue weighted by molar-refractivity contribution is 5.76. The van der Waals surface area contributed by atoms with Gasteiger partial charge >= 0.3 is 5.97 Å². The lowest BCUT2D eigenvalue weighted by molar-refractivity contribution is -0.143. The number of hydrogen-bond acceptors (Lipinski definition) is 3. The van der Waals surface area contributed by atoms with E-state index in [0.717, 1.165) is 0 Å². The van der Waals surface area contributed by atoms with Crippen molar-refractivity contribution in [2.24, 2.45) is 5.73 Å². The fourth-order valence-corrected chi connectivity index (χ4v) is 0.249. The van der Waals surface area contributed by atoms with Crippen LogP contribution in [0.1, 0.15) is 6.92 Å². The molecule has 0 heterocycles. The summed E-state index contributed by atoms with van der Waals surface area (Å²) in [6, 6.07) is -0.741. The molecule has 0 aromatic carbocycles. The molecule has 3 heteroatoms. The molecule has 0 aromatic heterocycles. The smallest absolute Gasteiger partial charge is 0.322 e. The largest absolute Gasteiger partial charge is 0.465 e. The molecule has 0 unspecified atom stereocenters. The second-order valence-corrected chi connectivity index (χ2v) is 1.36. The summed E-state index contributed by atoms with van der Waals surface area (Å²) in [5, 5.41) is 0. The van der Waals surface area contributed by atoms with Crippen LogP contribution >= 0.6 is 0 Å². The highest BCUT2D eigenvalue weighted by Crippen LogP contribution is 1.80. The zero-order valence-electron chi connectivity index (χ0n) is 4.89. The normalized spacial score (nSPS) is 12.9. The molecule has 0 saturated carbocycles. The van der Waals surface area contributed by atoms with Crippen LogP contribution in [0.2, 0.25) is 0 Å². The van der Waals surface area contributed by atoms with E-state index in [0.29, 0.717) is 6.61 Å². The Bertz CT molecular complexity index is 80.5. The summed E-state index contributed by atoms with van der Waals surface area (Å²) in [6.07, 6.45) is 0. The van der Waals surface area contributed by atoms with Crippen LogP contribution in [0.3, 0.4) is 0 Å². The van der Waals surface area contributed by atoms with Crippen molar-refractivity contribution < 1.29 is 9.53 Å². The number of carbonyl (C=O) groups is 1. The minimum Gasteiger partial charge on any atom is -0.465 e. The predicted octanol–water partition coefficient (Wildman–Crippen LogP) is -0.289. The quantitative estimate of drug-likeness (QED) is 0.504. The van der Waals surface area contributed by atoms with Crippen molar-refractivity contribution in [1.82, 2.24) is 0 Å². The minimum atomic E-state index is -0.741. The first-order valence-electron chi connectivity index (χ1n) is 2.43. The first-order chi connectivity index (χ1) is 3.68. The Labute approximate surface area is 48.8 Å². The van der Waals surface area contributed by atoms with Crippen molar-refractivity contribution in [2.45, 2.75) is 13.0 Å². The van der Waals surface area contributed by atoms with Gasteiger partial charge in [0.2, 0.25) is 0 Å². The van der Waals surface area contributed by atoms with E-state index in [4.69, 9.17) is 5.73 Å². The molecule has 0 aliphatic carbocycles. The number of rotatable bonds is 2. The zero-order valence-corrected chi connectivity index (χ0v) is 4.89. The summed E-state index contributed by atoms with van der Waals surface area (Å²) in [7, 11) is 0. The lowest BCUT2D eigenvalue weighted by Crippen LogP contribution is -2.28. The first kappa shape index (κ1) is 7.43. The number of hydrogen-bond donors (Lipinski definition) is 1. The van der Waals surface area contributed by atoms with E-state index in [1.807, 2.05) is 0 Å². The van der Waals surface area contributed by atoms with Crippen LogP contribution in [0.4, 0.5) is 0 Å². The maximum Gasteiger partial charge on any atom is 0.322 e. The second-order valence-electron chi connectivity index (χ2n) is 1.36. The molecule has 0 rings (SSSR count). The summed E-state index contributed by atoms with van der Waals surface area (Å²) < 4.78 is 4.48. The van der Waals surface area contributed by atoms with Crippen LogP contribution in [0.5, 0.6) is 0 Å². The fourth-order valence-electron chi connectivity index (χ4n) is 0.249. The van der Waals surface area contributed by atoms with E-state index >= 15 is 0 Å². The lowest BCUT2D eigenvalue weighted by atomic mass is 10.4. The van der Waals surface area contributed by atoms with Crippen LogP contribution in [-0.2, 0) is 9.53 Å². The van der Waals surface area contributed by atoms with Gasteiger partial charge in [0.25, 0.3) is 0 Å². The van der Waals surface area contributed by atoms with Crippen LogP contribution < -0.4 is 5.73 Å². The standard InChI is InChI=1S/C5H10NO2/c1-3-8-5(7)4(2)6/h4H,2-3,6H2,1H3/t4-/m1/s1. The molecule has 0 fully saturated rings. The van der Waals surface area contributed by atoms with E-state index < -0.39 is 12.0 Å². The summed E-state index contributed by atoms with van der Waals surface area (Å²) in [5.41, 5.74) is 5.04. The highest BCUT2D eigenvalue weighted by atomic mass is 16.5. The molecule has 47 valence electrons. The van der Waals surface area contributed by atoms with Crippen LogP contribution in [-0.4, -0.2) is 18.6 Å². The van der Waals surface area contributed by atoms with E-state index in [2.05, 4.69) is 11.7 Å². The summed E-state index contributed by atoms with van der Waals surface area (Å²) in [6.45, 7) is 5.35. The number of ether oxygens (including phenoxy) is 1. The van der Waals surface area contributed by atoms with Gasteiger partial charge in [0, 0.05) is 0 Å². The molecule has 0 saturated heterocycles. The average molecular weight is 116 g/mol. The molecule has 8 heavy (non-hydrogen) atoms. The van der Waals surface area contributed by atoms with Gasteiger partial charge in [-0.1, -0.05) is 0 Å². The Kier molecular flexibility index (Phi) is 3.19. The summed E-state index contributed by atoms with van der Waals surface area (Å²) in [5.74, 6) is -0.451. The molecule has 0 aliphatic rings. The van der Waals surface area contributed by atoms with Gasteiger partial charge in [0.05, 0.1) is 6.61 Å². The summed E-state index contributed by atoms with van der Waals surface area (Å²) >= 11 is 0. The second kappa shape index (κ2) is 3.43. The number of nitrogens with two attached hydrogens (primary N) is 1. The van der Waals surface area contributed by atoms with Crippen molar-refractivity contribution in [3.8, 4) is 0 Å². The third-order valence-electron chi connectivity index (χ3n) is 0.589. The molecule has 1 atom stereocenters. The first-order valence-corrected chi connectivity index (χ1v) is 2.43. The lowest BCUT2D eigenvalue weighted by Gasteiger charge is -2.01. The topological polar surface area (TPSA) is 52.3 Å². The Hall–Kier alpha value is -0.570. The van der Waals surface area contributed by atoms with Gasteiger partial charge in [-0.15, -0.1) is 0 Å². The van der Waals surface area contributed by atoms with Gasteiger partial charge in [-0.25, -0.2) is 0 Å². The van der Waals surface area contributed by atoms with Gasteiger partial charge < -0.3 is 10.5 Å². The number of carbonyl (C=O) groups excluding carboxylic acids is 1. The molecule has 3 nitrogen and oxygen atoms in total. The van der Waals surface area contributed by atoms with Crippen molar-refractivity contribution in [3.05, 3.63) is 6.92 Å². The molecule has 0 aliphatic heterocycles. The summed E-state index contributed by atoms with van der Waals surface area (Å²) in [4.78, 5) is 10.3. The monoisotopic (exact) mass is 116 g/mol. The molecular formula is C5H10NO2. The van der Waals surface area contributed by atoms with Gasteiger partial charge in [-0.3, -0.25) is 4.79 Å². The average Bonchev–Trinajstić information content (AvgIpc) is 1.67. The molecule has 0 spiro atoms. The van der Waals surface area contributed by atoms with Crippen molar-refractivity contribution in [2.75, 3.05) is 6.61 Å². The van der Waals surface area contributed by atoms with Crippen molar-refractivity contribution >= 4 is 5.97 Å². The molecule has 2 N–H and O–H groups in total. The van der Waals surface area contributed by atoms with Crippen molar-refractivity contribution in [1.29, 1.82) is 0 Å². The Morgan fingerprint density at radius 2 is 2.50 bits per heavy atom. The molecule has 0 bridgehead atoms. The zero-order chi connectivity index (χ0) is 6.57. The van der Waals surface area contributed by atoms with Gasteiger partial charge in [0.15, 0.2) is 0 Å². The minimum absolute atomic E-state index is 0.363. The van der Waals surface area contributed by atoms with Crippen molar-refractivity contribution in [3.63, 3.8) is 0 Å². The van der Waals surface area contributed by atoms with E-state index in [-0.39, 0.29) is 0 Å². The van der Waals surface area contributed by atoms with E-state index in [9.17, 15) is 4.79 Å². The maximum atomic E-state index is 10.3. The third kappa shape index (κ3) is 2.58. The van der Waals surface area contributed by atoms with Crippen LogP contribution in [0, 0.1) is 6.92 Å². The Morgan fingerprint density at radius 3 is 2.62 bits per heavy atom. The predicted molar refractivity (Wildman–Crippen MR) is 30.0 cm³/mol. The van der Waals surface area contributed by atoms with Gasteiger partial charge in [0.1, 0.15) is 6.04 Å². The highest BCUT2D eigenvalue weighted by Gasteiger charge is 2.05. The molecule has 0 aromatic rings. The molecule has 0 amide bonds. The SMILES string of the molecule is [CH2][C@@H](N)C(=O)OCC. The van der Waals surface area contributed by atoms with E-state index in [1.54, 1.807) is 6.92 Å². The molecular weight excluding hydrogens is 106 g/mol. The van der Waals surface area contributed by atoms with Crippen LogP contribution in [0.15, 0.2) is 0 Å². The fraction of sp³-hybridized carbons (Fsp3) is 0.600. The maximum absolute atomic E-state index is 10.3. The van der Waals surface area contributed by atoms with E-state index in [1.165, 1.54) is 0 Å². The molecule has 1 radical (unpaired) electrons. The Morgan fingerprint density at radius 1 is 2.00 bits per heavy atom. The Balaban J connectivity index is 3.33.